The number of halogens is 1. The van der Waals surface area contributed by atoms with Gasteiger partial charge >= 0.3 is 0 Å². The van der Waals surface area contributed by atoms with Crippen LogP contribution in [0.2, 0.25) is 0 Å². The van der Waals surface area contributed by atoms with Crippen molar-refractivity contribution >= 4 is 21.8 Å². The minimum atomic E-state index is 0.201. The van der Waals surface area contributed by atoms with Crippen molar-refractivity contribution in [3.63, 3.8) is 0 Å². The number of nitrogens with one attached hydrogen (secondary N) is 1. The van der Waals surface area contributed by atoms with Crippen molar-refractivity contribution in [1.29, 1.82) is 0 Å². The van der Waals surface area contributed by atoms with E-state index < -0.39 is 0 Å². The highest BCUT2D eigenvalue weighted by atomic mass is 79.9. The molecule has 0 saturated heterocycles. The molecule has 17 heavy (non-hydrogen) atoms. The van der Waals surface area contributed by atoms with Gasteiger partial charge < -0.3 is 5.32 Å². The molecule has 0 heterocycles. The molecule has 1 amide bonds. The van der Waals surface area contributed by atoms with E-state index in [2.05, 4.69) is 35.1 Å². The topological polar surface area (TPSA) is 29.1 Å². The summed E-state index contributed by atoms with van der Waals surface area (Å²) in [6, 6.07) is 0.415. The Balaban J connectivity index is 1.93. The van der Waals surface area contributed by atoms with Crippen LogP contribution in [-0.2, 0) is 4.79 Å². The fraction of sp³-hybridized carbons (Fsp3) is 0.929. The Bertz CT molecular complexity index is 290. The molecule has 3 unspecified atom stereocenters. The number of hydrogen-bond acceptors (Lipinski definition) is 1. The van der Waals surface area contributed by atoms with E-state index in [0.717, 1.165) is 18.2 Å². The maximum atomic E-state index is 12.4. The Morgan fingerprint density at radius 2 is 2.06 bits per heavy atom. The van der Waals surface area contributed by atoms with E-state index in [9.17, 15) is 4.79 Å². The minimum Gasteiger partial charge on any atom is -0.353 e. The number of carbonyl (C=O) groups is 1. The van der Waals surface area contributed by atoms with Crippen LogP contribution in [0.25, 0.3) is 0 Å². The lowest BCUT2D eigenvalue weighted by atomic mass is 9.81. The molecule has 2 nitrogen and oxygen atoms in total. The van der Waals surface area contributed by atoms with Crippen LogP contribution in [0, 0.1) is 17.3 Å². The molecule has 98 valence electrons. The van der Waals surface area contributed by atoms with Gasteiger partial charge in [-0.15, -0.1) is 0 Å². The first kappa shape index (κ1) is 13.4. The third-order valence-electron chi connectivity index (χ3n) is 4.76. The quantitative estimate of drug-likeness (QED) is 0.794. The molecule has 0 aliphatic heterocycles. The lowest BCUT2D eigenvalue weighted by Crippen LogP contribution is -2.43. The fourth-order valence-electron chi connectivity index (χ4n) is 3.51. The average Bonchev–Trinajstić information content (AvgIpc) is 2.83. The zero-order valence-corrected chi connectivity index (χ0v) is 12.6. The van der Waals surface area contributed by atoms with Crippen molar-refractivity contribution in [2.75, 3.05) is 5.33 Å². The first-order valence-electron chi connectivity index (χ1n) is 6.91. The summed E-state index contributed by atoms with van der Waals surface area (Å²) in [5, 5.41) is 4.33. The van der Waals surface area contributed by atoms with Gasteiger partial charge in [-0.1, -0.05) is 42.6 Å². The van der Waals surface area contributed by atoms with E-state index in [4.69, 9.17) is 0 Å². The lowest BCUT2D eigenvalue weighted by Gasteiger charge is -2.28. The smallest absolute Gasteiger partial charge is 0.223 e. The van der Waals surface area contributed by atoms with Gasteiger partial charge in [0.25, 0.3) is 0 Å². The Morgan fingerprint density at radius 3 is 2.65 bits per heavy atom. The first-order valence-corrected chi connectivity index (χ1v) is 8.03. The molecular weight excluding hydrogens is 278 g/mol. The van der Waals surface area contributed by atoms with Gasteiger partial charge in [0.1, 0.15) is 0 Å². The minimum absolute atomic E-state index is 0.201. The standard InChI is InChI=1S/C14H24BrNO/c1-14(2)8-4-6-11(14)13(17)16-12-7-3-5-10(12)9-15/h10-12H,3-9H2,1-2H3,(H,16,17). The lowest BCUT2D eigenvalue weighted by molar-refractivity contribution is -0.128. The third kappa shape index (κ3) is 2.86. The molecule has 2 aliphatic rings. The summed E-state index contributed by atoms with van der Waals surface area (Å²) in [4.78, 5) is 12.4. The molecule has 1 N–H and O–H groups in total. The third-order valence-corrected chi connectivity index (χ3v) is 5.59. The van der Waals surface area contributed by atoms with Gasteiger partial charge in [-0.3, -0.25) is 4.79 Å². The number of amides is 1. The second-order valence-electron chi connectivity index (χ2n) is 6.39. The number of alkyl halides is 1. The summed E-state index contributed by atoms with van der Waals surface area (Å²) in [6.45, 7) is 4.47. The van der Waals surface area contributed by atoms with Gasteiger partial charge in [0.15, 0.2) is 0 Å². The molecule has 3 heteroatoms. The van der Waals surface area contributed by atoms with Crippen LogP contribution >= 0.6 is 15.9 Å². The van der Waals surface area contributed by atoms with E-state index in [0.29, 0.717) is 17.9 Å². The molecule has 2 saturated carbocycles. The molecule has 2 fully saturated rings. The van der Waals surface area contributed by atoms with Crippen LogP contribution in [0.1, 0.15) is 52.4 Å². The highest BCUT2D eigenvalue weighted by Gasteiger charge is 2.40. The zero-order valence-electron chi connectivity index (χ0n) is 11.0. The largest absolute Gasteiger partial charge is 0.353 e. The second-order valence-corrected chi connectivity index (χ2v) is 7.04. The maximum absolute atomic E-state index is 12.4. The van der Waals surface area contributed by atoms with E-state index in [-0.39, 0.29) is 11.3 Å². The highest BCUT2D eigenvalue weighted by Crippen LogP contribution is 2.43. The van der Waals surface area contributed by atoms with Crippen LogP contribution in [0.5, 0.6) is 0 Å². The first-order chi connectivity index (χ1) is 8.04. The van der Waals surface area contributed by atoms with Crippen LogP contribution in [0.3, 0.4) is 0 Å². The van der Waals surface area contributed by atoms with Crippen molar-refractivity contribution in [2.45, 2.75) is 58.4 Å². The molecule has 3 atom stereocenters. The average molecular weight is 302 g/mol. The number of rotatable bonds is 3. The summed E-state index contributed by atoms with van der Waals surface area (Å²) in [7, 11) is 0. The van der Waals surface area contributed by atoms with Crippen LogP contribution in [0.15, 0.2) is 0 Å². The summed E-state index contributed by atoms with van der Waals surface area (Å²) in [5.74, 6) is 1.19. The summed E-state index contributed by atoms with van der Waals surface area (Å²) in [5.41, 5.74) is 0.201. The molecule has 2 rings (SSSR count). The van der Waals surface area contributed by atoms with Crippen molar-refractivity contribution in [2.24, 2.45) is 17.3 Å². The predicted octanol–water partition coefficient (Wildman–Crippen LogP) is 3.49. The van der Waals surface area contributed by atoms with Crippen molar-refractivity contribution in [3.05, 3.63) is 0 Å². The SMILES string of the molecule is CC1(C)CCCC1C(=O)NC1CCCC1CBr. The van der Waals surface area contributed by atoms with Gasteiger partial charge in [-0.05, 0) is 37.0 Å². The fourth-order valence-corrected chi connectivity index (χ4v) is 4.28. The van der Waals surface area contributed by atoms with Crippen molar-refractivity contribution in [3.8, 4) is 0 Å². The molecular formula is C14H24BrNO. The molecule has 0 aromatic carbocycles. The summed E-state index contributed by atoms with van der Waals surface area (Å²) >= 11 is 3.56. The van der Waals surface area contributed by atoms with Gasteiger partial charge in [0.05, 0.1) is 0 Å². The van der Waals surface area contributed by atoms with E-state index in [1.807, 2.05) is 0 Å². The van der Waals surface area contributed by atoms with Gasteiger partial charge in [0, 0.05) is 17.3 Å². The van der Waals surface area contributed by atoms with Crippen LogP contribution < -0.4 is 5.32 Å². The maximum Gasteiger partial charge on any atom is 0.223 e. The van der Waals surface area contributed by atoms with Crippen LogP contribution in [-0.4, -0.2) is 17.3 Å². The highest BCUT2D eigenvalue weighted by molar-refractivity contribution is 9.09. The predicted molar refractivity (Wildman–Crippen MR) is 74.2 cm³/mol. The monoisotopic (exact) mass is 301 g/mol. The van der Waals surface area contributed by atoms with Crippen LogP contribution in [0.4, 0.5) is 0 Å². The van der Waals surface area contributed by atoms with E-state index in [1.165, 1.54) is 25.7 Å². The van der Waals surface area contributed by atoms with E-state index >= 15 is 0 Å². The molecule has 0 bridgehead atoms. The molecule has 0 spiro atoms. The van der Waals surface area contributed by atoms with Crippen molar-refractivity contribution in [1.82, 2.24) is 5.32 Å². The number of hydrogen-bond donors (Lipinski definition) is 1. The van der Waals surface area contributed by atoms with Gasteiger partial charge in [0.2, 0.25) is 5.91 Å². The Labute approximate surface area is 113 Å². The van der Waals surface area contributed by atoms with Gasteiger partial charge in [-0.2, -0.15) is 0 Å². The Kier molecular flexibility index (Phi) is 4.17. The van der Waals surface area contributed by atoms with Crippen molar-refractivity contribution < 1.29 is 4.79 Å². The molecule has 0 radical (unpaired) electrons. The molecule has 0 aromatic rings. The summed E-state index contributed by atoms with van der Waals surface area (Å²) < 4.78 is 0. The summed E-state index contributed by atoms with van der Waals surface area (Å²) in [6.07, 6.45) is 7.15. The molecule has 2 aliphatic carbocycles. The second kappa shape index (κ2) is 5.29. The molecule has 0 aromatic heterocycles. The zero-order chi connectivity index (χ0) is 12.5. The Hall–Kier alpha value is -0.0500. The Morgan fingerprint density at radius 1 is 1.29 bits per heavy atom. The van der Waals surface area contributed by atoms with Gasteiger partial charge in [-0.25, -0.2) is 0 Å². The normalized spacial score (nSPS) is 36.1. The number of carbonyl (C=O) groups excluding carboxylic acids is 1. The van der Waals surface area contributed by atoms with E-state index in [1.54, 1.807) is 0 Å².